The minimum atomic E-state index is -0.711. The topological polar surface area (TPSA) is 67.9 Å². The SMILES string of the molecule is CNC(=O)C1CN(C(=O)CCCOc2ccc(C)cc2)c2ccccc2O1. The highest BCUT2D eigenvalue weighted by molar-refractivity contribution is 5.97. The van der Waals surface area contributed by atoms with Crippen molar-refractivity contribution in [2.24, 2.45) is 0 Å². The molecule has 6 heteroatoms. The van der Waals surface area contributed by atoms with Crippen molar-refractivity contribution in [1.82, 2.24) is 5.32 Å². The number of amides is 2. The molecular weight excluding hydrogens is 344 g/mol. The van der Waals surface area contributed by atoms with Crippen LogP contribution in [0.3, 0.4) is 0 Å². The fraction of sp³-hybridized carbons (Fsp3) is 0.333. The molecule has 0 spiro atoms. The monoisotopic (exact) mass is 368 g/mol. The fourth-order valence-electron chi connectivity index (χ4n) is 2.95. The minimum Gasteiger partial charge on any atom is -0.494 e. The number of nitrogens with one attached hydrogen (secondary N) is 1. The zero-order chi connectivity index (χ0) is 19.2. The van der Waals surface area contributed by atoms with Crippen molar-refractivity contribution in [3.8, 4) is 11.5 Å². The largest absolute Gasteiger partial charge is 0.494 e. The molecule has 1 unspecified atom stereocenters. The Bertz CT molecular complexity index is 804. The van der Waals surface area contributed by atoms with Crippen molar-refractivity contribution in [2.45, 2.75) is 25.9 Å². The summed E-state index contributed by atoms with van der Waals surface area (Å²) in [7, 11) is 1.56. The number of likely N-dealkylation sites (N-methyl/N-ethyl adjacent to an activating group) is 1. The number of fused-ring (bicyclic) bond motifs is 1. The molecule has 0 fully saturated rings. The molecule has 142 valence electrons. The van der Waals surface area contributed by atoms with Gasteiger partial charge in [0.2, 0.25) is 5.91 Å². The van der Waals surface area contributed by atoms with Crippen LogP contribution in [0.4, 0.5) is 5.69 Å². The van der Waals surface area contributed by atoms with Gasteiger partial charge >= 0.3 is 0 Å². The first-order chi connectivity index (χ1) is 13.1. The summed E-state index contributed by atoms with van der Waals surface area (Å²) in [5.74, 6) is 1.04. The summed E-state index contributed by atoms with van der Waals surface area (Å²) in [5.41, 5.74) is 1.87. The smallest absolute Gasteiger partial charge is 0.262 e. The molecule has 0 bridgehead atoms. The Kier molecular flexibility index (Phi) is 5.96. The van der Waals surface area contributed by atoms with Crippen LogP contribution >= 0.6 is 0 Å². The lowest BCUT2D eigenvalue weighted by atomic mass is 10.1. The lowest BCUT2D eigenvalue weighted by Crippen LogP contribution is -2.50. The zero-order valence-electron chi connectivity index (χ0n) is 15.6. The predicted octanol–water partition coefficient (Wildman–Crippen LogP) is 2.69. The van der Waals surface area contributed by atoms with E-state index in [1.54, 1.807) is 18.0 Å². The molecule has 0 saturated carbocycles. The van der Waals surface area contributed by atoms with Crippen molar-refractivity contribution >= 4 is 17.5 Å². The molecule has 6 nitrogen and oxygen atoms in total. The van der Waals surface area contributed by atoms with Gasteiger partial charge in [0.25, 0.3) is 5.91 Å². The van der Waals surface area contributed by atoms with Gasteiger partial charge in [-0.05, 0) is 37.6 Å². The van der Waals surface area contributed by atoms with E-state index in [1.165, 1.54) is 5.56 Å². The maximum Gasteiger partial charge on any atom is 0.262 e. The van der Waals surface area contributed by atoms with Crippen LogP contribution in [0.25, 0.3) is 0 Å². The van der Waals surface area contributed by atoms with Crippen molar-refractivity contribution in [3.05, 3.63) is 54.1 Å². The Morgan fingerprint density at radius 2 is 1.93 bits per heavy atom. The van der Waals surface area contributed by atoms with Crippen molar-refractivity contribution in [1.29, 1.82) is 0 Å². The predicted molar refractivity (Wildman–Crippen MR) is 103 cm³/mol. The van der Waals surface area contributed by atoms with Crippen molar-refractivity contribution < 1.29 is 19.1 Å². The molecule has 2 aromatic carbocycles. The number of rotatable bonds is 6. The molecule has 1 N–H and O–H groups in total. The van der Waals surface area contributed by atoms with Gasteiger partial charge in [0.1, 0.15) is 11.5 Å². The Hall–Kier alpha value is -3.02. The number of hydrogen-bond acceptors (Lipinski definition) is 4. The summed E-state index contributed by atoms with van der Waals surface area (Å²) < 4.78 is 11.4. The molecular formula is C21H24N2O4. The molecule has 0 aromatic heterocycles. The molecule has 3 rings (SSSR count). The molecule has 0 saturated heterocycles. The van der Waals surface area contributed by atoms with E-state index in [1.807, 2.05) is 49.4 Å². The molecule has 2 amide bonds. The number of carbonyl (C=O) groups excluding carboxylic acids is 2. The summed E-state index contributed by atoms with van der Waals surface area (Å²) in [6.45, 7) is 2.68. The fourth-order valence-corrected chi connectivity index (χ4v) is 2.95. The van der Waals surface area contributed by atoms with Gasteiger partial charge in [-0.1, -0.05) is 29.8 Å². The first-order valence-corrected chi connectivity index (χ1v) is 9.05. The average Bonchev–Trinajstić information content (AvgIpc) is 2.70. The number of aryl methyl sites for hydroxylation is 1. The molecule has 0 aliphatic carbocycles. The summed E-state index contributed by atoms with van der Waals surface area (Å²) in [5, 5.41) is 2.58. The number of anilines is 1. The van der Waals surface area contributed by atoms with Crippen molar-refractivity contribution in [2.75, 3.05) is 25.1 Å². The number of carbonyl (C=O) groups is 2. The van der Waals surface area contributed by atoms with E-state index in [0.717, 1.165) is 5.75 Å². The van der Waals surface area contributed by atoms with Gasteiger partial charge in [-0.3, -0.25) is 9.59 Å². The third kappa shape index (κ3) is 4.58. The van der Waals surface area contributed by atoms with E-state index >= 15 is 0 Å². The lowest BCUT2D eigenvalue weighted by Gasteiger charge is -2.34. The van der Waals surface area contributed by atoms with Gasteiger partial charge in [0.05, 0.1) is 18.8 Å². The van der Waals surface area contributed by atoms with Crippen LogP contribution in [-0.2, 0) is 9.59 Å². The second-order valence-electron chi connectivity index (χ2n) is 6.46. The van der Waals surface area contributed by atoms with Gasteiger partial charge in [-0.15, -0.1) is 0 Å². The third-order valence-corrected chi connectivity index (χ3v) is 4.44. The summed E-state index contributed by atoms with van der Waals surface area (Å²) in [6, 6.07) is 15.1. The van der Waals surface area contributed by atoms with Gasteiger partial charge in [-0.2, -0.15) is 0 Å². The highest BCUT2D eigenvalue weighted by Gasteiger charge is 2.32. The second kappa shape index (κ2) is 8.58. The van der Waals surface area contributed by atoms with Crippen LogP contribution in [0, 0.1) is 6.92 Å². The maximum atomic E-state index is 12.8. The van der Waals surface area contributed by atoms with Crippen LogP contribution in [0.1, 0.15) is 18.4 Å². The van der Waals surface area contributed by atoms with E-state index in [0.29, 0.717) is 30.9 Å². The van der Waals surface area contributed by atoms with E-state index < -0.39 is 6.10 Å². The van der Waals surface area contributed by atoms with Crippen LogP contribution in [-0.4, -0.2) is 38.1 Å². The number of nitrogens with zero attached hydrogens (tertiary/aromatic N) is 1. The van der Waals surface area contributed by atoms with E-state index in [4.69, 9.17) is 9.47 Å². The number of benzene rings is 2. The highest BCUT2D eigenvalue weighted by atomic mass is 16.5. The van der Waals surface area contributed by atoms with E-state index in [2.05, 4.69) is 5.32 Å². The van der Waals surface area contributed by atoms with Crippen LogP contribution < -0.4 is 19.7 Å². The molecule has 1 aliphatic rings. The first-order valence-electron chi connectivity index (χ1n) is 9.05. The second-order valence-corrected chi connectivity index (χ2v) is 6.46. The number of para-hydroxylation sites is 2. The third-order valence-electron chi connectivity index (χ3n) is 4.44. The molecule has 2 aromatic rings. The number of ether oxygens (including phenoxy) is 2. The maximum absolute atomic E-state index is 12.8. The van der Waals surface area contributed by atoms with Gasteiger partial charge in [-0.25, -0.2) is 0 Å². The molecule has 0 radical (unpaired) electrons. The van der Waals surface area contributed by atoms with Crippen LogP contribution in [0.2, 0.25) is 0 Å². The lowest BCUT2D eigenvalue weighted by molar-refractivity contribution is -0.128. The Labute approximate surface area is 159 Å². The summed E-state index contributed by atoms with van der Waals surface area (Å²) >= 11 is 0. The van der Waals surface area contributed by atoms with Gasteiger partial charge < -0.3 is 19.7 Å². The molecule has 27 heavy (non-hydrogen) atoms. The van der Waals surface area contributed by atoms with E-state index in [9.17, 15) is 9.59 Å². The summed E-state index contributed by atoms with van der Waals surface area (Å²) in [6.07, 6.45) is 0.218. The minimum absolute atomic E-state index is 0.0489. The van der Waals surface area contributed by atoms with Crippen molar-refractivity contribution in [3.63, 3.8) is 0 Å². The molecule has 1 atom stereocenters. The quantitative estimate of drug-likeness (QED) is 0.796. The molecule has 1 heterocycles. The molecule has 1 aliphatic heterocycles. The van der Waals surface area contributed by atoms with Crippen LogP contribution in [0.15, 0.2) is 48.5 Å². The van der Waals surface area contributed by atoms with E-state index in [-0.39, 0.29) is 18.4 Å². The highest BCUT2D eigenvalue weighted by Crippen LogP contribution is 2.33. The first kappa shape index (κ1) is 18.8. The van der Waals surface area contributed by atoms with Crippen LogP contribution in [0.5, 0.6) is 11.5 Å². The Balaban J connectivity index is 1.59. The normalized spacial score (nSPS) is 15.5. The standard InChI is InChI=1S/C21H24N2O4/c1-15-9-11-16(12-10-15)26-13-5-8-20(24)23-14-19(21(25)22-2)27-18-7-4-3-6-17(18)23/h3-4,6-7,9-12,19H,5,8,13-14H2,1-2H3,(H,22,25). The zero-order valence-corrected chi connectivity index (χ0v) is 15.6. The Morgan fingerprint density at radius 3 is 2.67 bits per heavy atom. The van der Waals surface area contributed by atoms with Gasteiger partial charge in [0, 0.05) is 13.5 Å². The van der Waals surface area contributed by atoms with Gasteiger partial charge in [0.15, 0.2) is 6.10 Å². The summed E-state index contributed by atoms with van der Waals surface area (Å²) in [4.78, 5) is 26.4. The number of hydrogen-bond donors (Lipinski definition) is 1. The average molecular weight is 368 g/mol. The Morgan fingerprint density at radius 1 is 1.19 bits per heavy atom.